The van der Waals surface area contributed by atoms with E-state index >= 15 is 0 Å². The van der Waals surface area contributed by atoms with E-state index in [1.807, 2.05) is 0 Å². The van der Waals surface area contributed by atoms with Gasteiger partial charge in [-0.05, 0) is 6.92 Å². The van der Waals surface area contributed by atoms with E-state index in [1.165, 1.54) is 10.8 Å². The monoisotopic (exact) mass is 272 g/mol. The first-order chi connectivity index (χ1) is 8.93. The van der Waals surface area contributed by atoms with Crippen molar-refractivity contribution in [2.75, 3.05) is 6.61 Å². The molecule has 2 heterocycles. The predicted octanol–water partition coefficient (Wildman–Crippen LogP) is -2.67. The summed E-state index contributed by atoms with van der Waals surface area (Å²) in [5, 5.41) is 28.3. The van der Waals surface area contributed by atoms with Crippen molar-refractivity contribution in [1.29, 1.82) is 0 Å². The van der Waals surface area contributed by atoms with Gasteiger partial charge in [-0.3, -0.25) is 14.3 Å². The molecule has 106 valence electrons. The fourth-order valence-corrected chi connectivity index (χ4v) is 2.08. The Morgan fingerprint density at radius 1 is 1.32 bits per heavy atom. The van der Waals surface area contributed by atoms with Gasteiger partial charge in [-0.1, -0.05) is 0 Å². The van der Waals surface area contributed by atoms with Crippen molar-refractivity contribution in [3.63, 3.8) is 0 Å². The number of aromatic nitrogens is 2. The Bertz CT molecular complexity index is 565. The minimum absolute atomic E-state index is 0.0226. The molecule has 0 amide bonds. The highest BCUT2D eigenvalue weighted by Gasteiger charge is 2.42. The van der Waals surface area contributed by atoms with Gasteiger partial charge in [0.1, 0.15) is 24.4 Å². The van der Waals surface area contributed by atoms with Gasteiger partial charge in [0, 0.05) is 11.8 Å². The lowest BCUT2D eigenvalue weighted by atomic mass is 10.1. The number of aliphatic hydroxyl groups excluding tert-OH is 3. The predicted molar refractivity (Wildman–Crippen MR) is 63.8 cm³/mol. The standard InChI is InChI=1S/C11H16N2O6/c1-5-2-13(11(18)12-10(5)17)3-6-8(15)9(16)7(4-14)19-6/h2,6-9,14-16H,3-4H2,1H3,(H,12,17,18)/t6-,7+,8-,9+/m0/s1. The third-order valence-corrected chi connectivity index (χ3v) is 3.21. The second kappa shape index (κ2) is 5.25. The van der Waals surface area contributed by atoms with E-state index in [2.05, 4.69) is 4.98 Å². The summed E-state index contributed by atoms with van der Waals surface area (Å²) in [5.41, 5.74) is -0.734. The maximum absolute atomic E-state index is 11.6. The fourth-order valence-electron chi connectivity index (χ4n) is 2.08. The van der Waals surface area contributed by atoms with Crippen molar-refractivity contribution in [3.8, 4) is 0 Å². The Labute approximate surface area is 107 Å². The molecule has 0 unspecified atom stereocenters. The van der Waals surface area contributed by atoms with E-state index in [9.17, 15) is 19.8 Å². The molecular weight excluding hydrogens is 256 g/mol. The topological polar surface area (TPSA) is 125 Å². The second-order valence-electron chi connectivity index (χ2n) is 4.60. The van der Waals surface area contributed by atoms with Crippen molar-refractivity contribution in [2.24, 2.45) is 0 Å². The number of aryl methyl sites for hydroxylation is 1. The van der Waals surface area contributed by atoms with E-state index in [4.69, 9.17) is 9.84 Å². The molecule has 8 heteroatoms. The van der Waals surface area contributed by atoms with E-state index in [1.54, 1.807) is 6.92 Å². The minimum Gasteiger partial charge on any atom is -0.394 e. The molecule has 1 fully saturated rings. The molecule has 8 nitrogen and oxygen atoms in total. The molecule has 1 aliphatic rings. The zero-order chi connectivity index (χ0) is 14.2. The van der Waals surface area contributed by atoms with Crippen molar-refractivity contribution in [3.05, 3.63) is 32.6 Å². The van der Waals surface area contributed by atoms with Gasteiger partial charge < -0.3 is 20.1 Å². The molecule has 4 atom stereocenters. The number of aliphatic hydroxyl groups is 3. The summed E-state index contributed by atoms with van der Waals surface area (Å²) in [7, 11) is 0. The summed E-state index contributed by atoms with van der Waals surface area (Å²) in [5.74, 6) is 0. The van der Waals surface area contributed by atoms with Crippen LogP contribution >= 0.6 is 0 Å². The lowest BCUT2D eigenvalue weighted by Crippen LogP contribution is -2.38. The zero-order valence-electron chi connectivity index (χ0n) is 10.3. The van der Waals surface area contributed by atoms with E-state index in [0.717, 1.165) is 0 Å². The van der Waals surface area contributed by atoms with Gasteiger partial charge in [-0.2, -0.15) is 0 Å². The number of rotatable bonds is 3. The van der Waals surface area contributed by atoms with Crippen molar-refractivity contribution in [2.45, 2.75) is 37.9 Å². The smallest absolute Gasteiger partial charge is 0.328 e. The van der Waals surface area contributed by atoms with Crippen LogP contribution < -0.4 is 11.2 Å². The molecule has 1 aliphatic heterocycles. The summed E-state index contributed by atoms with van der Waals surface area (Å²) in [6, 6.07) is 0. The minimum atomic E-state index is -1.20. The lowest BCUT2D eigenvalue weighted by molar-refractivity contribution is -0.0269. The number of nitrogens with one attached hydrogen (secondary N) is 1. The molecule has 0 aliphatic carbocycles. The highest BCUT2D eigenvalue weighted by Crippen LogP contribution is 2.21. The summed E-state index contributed by atoms with van der Waals surface area (Å²) >= 11 is 0. The zero-order valence-corrected chi connectivity index (χ0v) is 10.3. The van der Waals surface area contributed by atoms with Crippen LogP contribution in [0, 0.1) is 6.92 Å². The average molecular weight is 272 g/mol. The Morgan fingerprint density at radius 2 is 1.95 bits per heavy atom. The number of aromatic amines is 1. The average Bonchev–Trinajstić information content (AvgIpc) is 2.63. The maximum Gasteiger partial charge on any atom is 0.328 e. The molecule has 19 heavy (non-hydrogen) atoms. The second-order valence-corrected chi connectivity index (χ2v) is 4.60. The summed E-state index contributed by atoms with van der Waals surface area (Å²) in [6.45, 7) is 1.10. The molecule has 0 saturated carbocycles. The van der Waals surface area contributed by atoms with Gasteiger partial charge in [0.05, 0.1) is 13.2 Å². The molecule has 0 bridgehead atoms. The maximum atomic E-state index is 11.6. The van der Waals surface area contributed by atoms with E-state index in [0.29, 0.717) is 5.56 Å². The summed E-state index contributed by atoms with van der Waals surface area (Å²) < 4.78 is 6.45. The molecule has 0 spiro atoms. The van der Waals surface area contributed by atoms with Crippen LogP contribution in [-0.2, 0) is 11.3 Å². The number of H-pyrrole nitrogens is 1. The van der Waals surface area contributed by atoms with Crippen LogP contribution in [0.2, 0.25) is 0 Å². The van der Waals surface area contributed by atoms with Crippen LogP contribution in [0.4, 0.5) is 0 Å². The first-order valence-corrected chi connectivity index (χ1v) is 5.87. The van der Waals surface area contributed by atoms with Gasteiger partial charge in [0.2, 0.25) is 0 Å². The van der Waals surface area contributed by atoms with Crippen molar-refractivity contribution < 1.29 is 20.1 Å². The first-order valence-electron chi connectivity index (χ1n) is 5.87. The SMILES string of the molecule is Cc1cn(C[C@@H]2O[C@H](CO)[C@@H](O)[C@H]2O)c(=O)[nH]c1=O. The third kappa shape index (κ3) is 2.61. The first kappa shape index (κ1) is 13.9. The van der Waals surface area contributed by atoms with Crippen molar-refractivity contribution >= 4 is 0 Å². The van der Waals surface area contributed by atoms with Gasteiger partial charge in [-0.15, -0.1) is 0 Å². The molecule has 0 radical (unpaired) electrons. The molecule has 1 aromatic rings. The number of hydrogen-bond acceptors (Lipinski definition) is 6. The van der Waals surface area contributed by atoms with Crippen LogP contribution in [0.3, 0.4) is 0 Å². The van der Waals surface area contributed by atoms with Crippen LogP contribution in [0.1, 0.15) is 5.56 Å². The highest BCUT2D eigenvalue weighted by molar-refractivity contribution is 5.01. The van der Waals surface area contributed by atoms with Crippen LogP contribution in [0.5, 0.6) is 0 Å². The van der Waals surface area contributed by atoms with E-state index in [-0.39, 0.29) is 6.54 Å². The normalized spacial score (nSPS) is 30.7. The highest BCUT2D eigenvalue weighted by atomic mass is 16.6. The molecule has 0 aromatic carbocycles. The largest absolute Gasteiger partial charge is 0.394 e. The Kier molecular flexibility index (Phi) is 3.85. The van der Waals surface area contributed by atoms with Gasteiger partial charge in [0.25, 0.3) is 5.56 Å². The number of nitrogens with zero attached hydrogens (tertiary/aromatic N) is 1. The third-order valence-electron chi connectivity index (χ3n) is 3.21. The Morgan fingerprint density at radius 3 is 2.53 bits per heavy atom. The fraction of sp³-hybridized carbons (Fsp3) is 0.636. The van der Waals surface area contributed by atoms with Gasteiger partial charge in [0.15, 0.2) is 0 Å². The molecule has 4 N–H and O–H groups in total. The Hall–Kier alpha value is -1.48. The number of ether oxygens (including phenoxy) is 1. The summed E-state index contributed by atoms with van der Waals surface area (Å²) in [6.07, 6.45) is -2.74. The lowest BCUT2D eigenvalue weighted by Gasteiger charge is -2.15. The molecule has 1 aromatic heterocycles. The van der Waals surface area contributed by atoms with Crippen LogP contribution in [0.25, 0.3) is 0 Å². The molecular formula is C11H16N2O6. The quantitative estimate of drug-likeness (QED) is 0.475. The molecule has 2 rings (SSSR count). The van der Waals surface area contributed by atoms with Gasteiger partial charge in [-0.25, -0.2) is 4.79 Å². The molecule has 1 saturated heterocycles. The van der Waals surface area contributed by atoms with Gasteiger partial charge >= 0.3 is 5.69 Å². The summed E-state index contributed by atoms with van der Waals surface area (Å²) in [4.78, 5) is 24.9. The number of hydrogen-bond donors (Lipinski definition) is 4. The van der Waals surface area contributed by atoms with Crippen molar-refractivity contribution in [1.82, 2.24) is 9.55 Å². The van der Waals surface area contributed by atoms with E-state index < -0.39 is 42.3 Å². The van der Waals surface area contributed by atoms with Crippen LogP contribution in [0.15, 0.2) is 15.8 Å². The van der Waals surface area contributed by atoms with Crippen LogP contribution in [-0.4, -0.2) is 55.9 Å². The Balaban J connectivity index is 2.21.